The molecule has 2 nitrogen and oxygen atoms in total. The number of carbonyl (C=O) groups is 1. The Hall–Kier alpha value is -1.02. The van der Waals surface area contributed by atoms with Gasteiger partial charge in [0.25, 0.3) is 5.91 Å². The molecule has 0 heterocycles. The van der Waals surface area contributed by atoms with Crippen LogP contribution in [-0.4, -0.2) is 17.3 Å². The number of halogens is 1. The summed E-state index contributed by atoms with van der Waals surface area (Å²) in [5.74, 6) is 0.500. The van der Waals surface area contributed by atoms with Gasteiger partial charge in [0.2, 0.25) is 0 Å². The fourth-order valence-corrected chi connectivity index (χ4v) is 1.94. The Morgan fingerprint density at radius 1 is 1.44 bits per heavy atom. The van der Waals surface area contributed by atoms with Gasteiger partial charge in [0.1, 0.15) is 0 Å². The molecule has 0 saturated heterocycles. The molecule has 0 aliphatic rings. The minimum atomic E-state index is -0.261. The van der Waals surface area contributed by atoms with Crippen molar-refractivity contribution in [2.45, 2.75) is 32.7 Å². The molecule has 0 aliphatic carbocycles. The second-order valence-electron chi connectivity index (χ2n) is 4.65. The van der Waals surface area contributed by atoms with E-state index in [1.165, 1.54) is 0 Å². The summed E-state index contributed by atoms with van der Waals surface area (Å²) in [6.07, 6.45) is 0.756. The lowest BCUT2D eigenvalue weighted by Crippen LogP contribution is -2.43. The zero-order chi connectivity index (χ0) is 12.2. The van der Waals surface area contributed by atoms with E-state index in [2.05, 4.69) is 5.32 Å². The quantitative estimate of drug-likeness (QED) is 0.804. The van der Waals surface area contributed by atoms with E-state index >= 15 is 0 Å². The standard InChI is InChI=1S/C13H18ClNO/c1-10-5-4-6-11(9-10)12(16)15-13(2,3)7-8-14/h4-6,9H,7-8H2,1-3H3,(H,15,16). The second kappa shape index (κ2) is 5.35. The highest BCUT2D eigenvalue weighted by Gasteiger charge is 2.20. The van der Waals surface area contributed by atoms with Crippen LogP contribution >= 0.6 is 11.6 Å². The zero-order valence-corrected chi connectivity index (χ0v) is 10.8. The number of rotatable bonds is 4. The first-order chi connectivity index (χ1) is 7.44. The summed E-state index contributed by atoms with van der Waals surface area (Å²) in [6, 6.07) is 7.56. The van der Waals surface area contributed by atoms with Gasteiger partial charge < -0.3 is 5.32 Å². The molecule has 0 unspecified atom stereocenters. The maximum Gasteiger partial charge on any atom is 0.251 e. The Bertz CT molecular complexity index is 374. The topological polar surface area (TPSA) is 29.1 Å². The van der Waals surface area contributed by atoms with E-state index in [1.54, 1.807) is 0 Å². The molecule has 0 saturated carbocycles. The first-order valence-corrected chi connectivity index (χ1v) is 5.93. The van der Waals surface area contributed by atoms with Crippen molar-refractivity contribution in [1.82, 2.24) is 5.32 Å². The molecule has 0 atom stereocenters. The number of amides is 1. The first kappa shape index (κ1) is 13.0. The van der Waals surface area contributed by atoms with Gasteiger partial charge in [0.15, 0.2) is 0 Å². The van der Waals surface area contributed by atoms with Gasteiger partial charge in [-0.25, -0.2) is 0 Å². The molecule has 0 bridgehead atoms. The molecule has 88 valence electrons. The van der Waals surface area contributed by atoms with Crippen molar-refractivity contribution in [1.29, 1.82) is 0 Å². The number of hydrogen-bond acceptors (Lipinski definition) is 1. The summed E-state index contributed by atoms with van der Waals surface area (Å²) in [7, 11) is 0. The van der Waals surface area contributed by atoms with E-state index in [4.69, 9.17) is 11.6 Å². The van der Waals surface area contributed by atoms with Crippen LogP contribution in [0, 0.1) is 6.92 Å². The van der Waals surface area contributed by atoms with E-state index in [-0.39, 0.29) is 11.4 Å². The number of alkyl halides is 1. The van der Waals surface area contributed by atoms with E-state index in [9.17, 15) is 4.79 Å². The molecule has 16 heavy (non-hydrogen) atoms. The molecular weight excluding hydrogens is 222 g/mol. The van der Waals surface area contributed by atoms with Crippen LogP contribution in [0.5, 0.6) is 0 Å². The zero-order valence-electron chi connectivity index (χ0n) is 10.0. The van der Waals surface area contributed by atoms with Crippen molar-refractivity contribution in [3.8, 4) is 0 Å². The van der Waals surface area contributed by atoms with Gasteiger partial charge >= 0.3 is 0 Å². The molecule has 1 N–H and O–H groups in total. The fourth-order valence-electron chi connectivity index (χ4n) is 1.46. The normalized spacial score (nSPS) is 11.2. The third kappa shape index (κ3) is 3.86. The van der Waals surface area contributed by atoms with Crippen LogP contribution in [0.15, 0.2) is 24.3 Å². The van der Waals surface area contributed by atoms with Crippen LogP contribution < -0.4 is 5.32 Å². The van der Waals surface area contributed by atoms with Gasteiger partial charge in [-0.2, -0.15) is 0 Å². The molecule has 3 heteroatoms. The SMILES string of the molecule is Cc1cccc(C(=O)NC(C)(C)CCCl)c1. The van der Waals surface area contributed by atoms with Gasteiger partial charge in [-0.1, -0.05) is 17.7 Å². The van der Waals surface area contributed by atoms with Gasteiger partial charge in [-0.3, -0.25) is 4.79 Å². The van der Waals surface area contributed by atoms with E-state index in [0.717, 1.165) is 12.0 Å². The summed E-state index contributed by atoms with van der Waals surface area (Å²) in [4.78, 5) is 11.9. The van der Waals surface area contributed by atoms with Crippen molar-refractivity contribution in [3.05, 3.63) is 35.4 Å². The highest BCUT2D eigenvalue weighted by molar-refractivity contribution is 6.17. The Labute approximate surface area is 102 Å². The lowest BCUT2D eigenvalue weighted by molar-refractivity contribution is 0.0911. The molecule has 0 aromatic heterocycles. The summed E-state index contributed by atoms with van der Waals surface area (Å²) in [6.45, 7) is 5.92. The monoisotopic (exact) mass is 239 g/mol. The Morgan fingerprint density at radius 3 is 2.69 bits per heavy atom. The van der Waals surface area contributed by atoms with Gasteiger partial charge in [-0.05, 0) is 39.3 Å². The molecule has 0 radical (unpaired) electrons. The predicted octanol–water partition coefficient (Wildman–Crippen LogP) is 3.13. The van der Waals surface area contributed by atoms with E-state index in [0.29, 0.717) is 11.4 Å². The Balaban J connectivity index is 2.72. The number of hydrogen-bond donors (Lipinski definition) is 1. The average molecular weight is 240 g/mol. The Morgan fingerprint density at radius 2 is 2.12 bits per heavy atom. The average Bonchev–Trinajstić information content (AvgIpc) is 2.16. The highest BCUT2D eigenvalue weighted by Crippen LogP contribution is 2.11. The van der Waals surface area contributed by atoms with Crippen LogP contribution in [0.2, 0.25) is 0 Å². The number of aryl methyl sites for hydroxylation is 1. The van der Waals surface area contributed by atoms with Gasteiger partial charge in [0, 0.05) is 17.0 Å². The summed E-state index contributed by atoms with van der Waals surface area (Å²) in [5, 5.41) is 2.98. The summed E-state index contributed by atoms with van der Waals surface area (Å²) in [5.41, 5.74) is 1.52. The lowest BCUT2D eigenvalue weighted by Gasteiger charge is -2.25. The Kier molecular flexibility index (Phi) is 4.36. The molecule has 1 aromatic rings. The van der Waals surface area contributed by atoms with E-state index < -0.39 is 0 Å². The molecule has 0 aliphatic heterocycles. The largest absolute Gasteiger partial charge is 0.347 e. The fraction of sp³-hybridized carbons (Fsp3) is 0.462. The number of benzene rings is 1. The summed E-state index contributed by atoms with van der Waals surface area (Å²) >= 11 is 5.69. The molecule has 0 spiro atoms. The molecule has 0 fully saturated rings. The smallest absolute Gasteiger partial charge is 0.251 e. The van der Waals surface area contributed by atoms with Crippen molar-refractivity contribution in [2.75, 3.05) is 5.88 Å². The summed E-state index contributed by atoms with van der Waals surface area (Å²) < 4.78 is 0. The molecule has 1 rings (SSSR count). The maximum atomic E-state index is 11.9. The highest BCUT2D eigenvalue weighted by atomic mass is 35.5. The third-order valence-electron chi connectivity index (χ3n) is 2.45. The van der Waals surface area contributed by atoms with Crippen molar-refractivity contribution in [3.63, 3.8) is 0 Å². The first-order valence-electron chi connectivity index (χ1n) is 5.40. The maximum absolute atomic E-state index is 11.9. The lowest BCUT2D eigenvalue weighted by atomic mass is 10.0. The number of nitrogens with one attached hydrogen (secondary N) is 1. The third-order valence-corrected chi connectivity index (χ3v) is 2.64. The second-order valence-corrected chi connectivity index (χ2v) is 5.02. The molecule has 1 amide bonds. The minimum Gasteiger partial charge on any atom is -0.347 e. The van der Waals surface area contributed by atoms with Crippen molar-refractivity contribution in [2.24, 2.45) is 0 Å². The van der Waals surface area contributed by atoms with Crippen LogP contribution in [0.1, 0.15) is 36.2 Å². The minimum absolute atomic E-state index is 0.0428. The molecular formula is C13H18ClNO. The van der Waals surface area contributed by atoms with E-state index in [1.807, 2.05) is 45.0 Å². The number of carbonyl (C=O) groups excluding carboxylic acids is 1. The van der Waals surface area contributed by atoms with Crippen LogP contribution in [-0.2, 0) is 0 Å². The van der Waals surface area contributed by atoms with Gasteiger partial charge in [-0.15, -0.1) is 11.6 Å². The molecule has 1 aromatic carbocycles. The van der Waals surface area contributed by atoms with Gasteiger partial charge in [0.05, 0.1) is 0 Å². The van der Waals surface area contributed by atoms with Crippen LogP contribution in [0.25, 0.3) is 0 Å². The van der Waals surface area contributed by atoms with Crippen molar-refractivity contribution < 1.29 is 4.79 Å². The van der Waals surface area contributed by atoms with Crippen LogP contribution in [0.4, 0.5) is 0 Å². The predicted molar refractivity (Wildman–Crippen MR) is 68.1 cm³/mol. The van der Waals surface area contributed by atoms with Crippen molar-refractivity contribution >= 4 is 17.5 Å². The van der Waals surface area contributed by atoms with Crippen LogP contribution in [0.3, 0.4) is 0 Å².